The summed E-state index contributed by atoms with van der Waals surface area (Å²) in [6, 6.07) is 14.5. The van der Waals surface area contributed by atoms with E-state index in [0.29, 0.717) is 36.2 Å². The summed E-state index contributed by atoms with van der Waals surface area (Å²) < 4.78 is 0. The van der Waals surface area contributed by atoms with E-state index in [1.807, 2.05) is 30.3 Å². The van der Waals surface area contributed by atoms with Crippen molar-refractivity contribution < 1.29 is 14.4 Å². The molecule has 0 radical (unpaired) electrons. The Morgan fingerprint density at radius 2 is 1.83 bits per heavy atom. The first-order valence-corrected chi connectivity index (χ1v) is 9.84. The maximum absolute atomic E-state index is 12.8. The van der Waals surface area contributed by atoms with Gasteiger partial charge in [0.25, 0.3) is 17.7 Å². The summed E-state index contributed by atoms with van der Waals surface area (Å²) >= 11 is 0. The largest absolute Gasteiger partial charge is 0.348 e. The fourth-order valence-corrected chi connectivity index (χ4v) is 3.65. The number of nitrogens with zero attached hydrogens (tertiary/aromatic N) is 1. The fourth-order valence-electron chi connectivity index (χ4n) is 3.65. The maximum atomic E-state index is 12.8. The highest BCUT2D eigenvalue weighted by Crippen LogP contribution is 2.24. The molecule has 29 heavy (non-hydrogen) atoms. The zero-order valence-electron chi connectivity index (χ0n) is 16.1. The van der Waals surface area contributed by atoms with Gasteiger partial charge in [0.15, 0.2) is 0 Å². The lowest BCUT2D eigenvalue weighted by Crippen LogP contribution is -2.31. The van der Waals surface area contributed by atoms with Crippen LogP contribution in [0.5, 0.6) is 0 Å². The minimum atomic E-state index is -0.336. The standard InChI is InChI=1S/C23H23N3O3/c27-21(25-15-17-8-11-24-12-9-17)18-6-7-19-20(14-18)23(29)26(22(19)28)13-10-16-4-2-1-3-5-16/h1-8,14,24H,9-13,15H2,(H,25,27). The summed E-state index contributed by atoms with van der Waals surface area (Å²) in [6.07, 6.45) is 3.59. The van der Waals surface area contributed by atoms with Crippen molar-refractivity contribution in [2.24, 2.45) is 0 Å². The molecular weight excluding hydrogens is 366 g/mol. The van der Waals surface area contributed by atoms with Gasteiger partial charge in [-0.25, -0.2) is 0 Å². The van der Waals surface area contributed by atoms with Crippen molar-refractivity contribution in [1.29, 1.82) is 0 Å². The first-order valence-electron chi connectivity index (χ1n) is 9.84. The Morgan fingerprint density at radius 3 is 2.59 bits per heavy atom. The predicted octanol–water partition coefficient (Wildman–Crippen LogP) is 2.17. The third kappa shape index (κ3) is 4.12. The molecule has 6 nitrogen and oxygen atoms in total. The molecule has 2 aromatic carbocycles. The Kier molecular flexibility index (Phi) is 5.53. The number of benzene rings is 2. The summed E-state index contributed by atoms with van der Waals surface area (Å²) in [4.78, 5) is 39.2. The van der Waals surface area contributed by atoms with Crippen LogP contribution in [0, 0.1) is 0 Å². The minimum absolute atomic E-state index is 0.241. The van der Waals surface area contributed by atoms with E-state index >= 15 is 0 Å². The van der Waals surface area contributed by atoms with Crippen molar-refractivity contribution >= 4 is 17.7 Å². The molecule has 0 bridgehead atoms. The molecule has 2 N–H and O–H groups in total. The Labute approximate surface area is 169 Å². The Morgan fingerprint density at radius 1 is 1.03 bits per heavy atom. The van der Waals surface area contributed by atoms with Crippen LogP contribution < -0.4 is 10.6 Å². The van der Waals surface area contributed by atoms with Crippen LogP contribution in [0.2, 0.25) is 0 Å². The van der Waals surface area contributed by atoms with Gasteiger partial charge in [-0.15, -0.1) is 0 Å². The van der Waals surface area contributed by atoms with Gasteiger partial charge in [-0.2, -0.15) is 0 Å². The van der Waals surface area contributed by atoms with E-state index < -0.39 is 0 Å². The average Bonchev–Trinajstić information content (AvgIpc) is 3.01. The van der Waals surface area contributed by atoms with Crippen molar-refractivity contribution in [1.82, 2.24) is 15.5 Å². The number of nitrogens with one attached hydrogen (secondary N) is 2. The summed E-state index contributed by atoms with van der Waals surface area (Å²) in [5, 5.41) is 6.13. The molecule has 2 heterocycles. The molecule has 4 rings (SSSR count). The Balaban J connectivity index is 1.43. The highest BCUT2D eigenvalue weighted by Gasteiger charge is 2.35. The summed E-state index contributed by atoms with van der Waals surface area (Å²) in [6.45, 7) is 2.54. The van der Waals surface area contributed by atoms with E-state index in [9.17, 15) is 14.4 Å². The van der Waals surface area contributed by atoms with Gasteiger partial charge in [0, 0.05) is 25.2 Å². The first-order chi connectivity index (χ1) is 14.1. The highest BCUT2D eigenvalue weighted by atomic mass is 16.2. The summed E-state index contributed by atoms with van der Waals surface area (Å²) in [5.74, 6) is -0.875. The highest BCUT2D eigenvalue weighted by molar-refractivity contribution is 6.22. The second kappa shape index (κ2) is 8.41. The van der Waals surface area contributed by atoms with Crippen LogP contribution in [-0.2, 0) is 6.42 Å². The molecular formula is C23H23N3O3. The number of hydrogen-bond acceptors (Lipinski definition) is 4. The topological polar surface area (TPSA) is 78.5 Å². The second-order valence-electron chi connectivity index (χ2n) is 7.26. The van der Waals surface area contributed by atoms with Crippen LogP contribution in [0.3, 0.4) is 0 Å². The van der Waals surface area contributed by atoms with E-state index in [2.05, 4.69) is 16.7 Å². The molecule has 0 atom stereocenters. The molecule has 6 heteroatoms. The molecule has 0 spiro atoms. The molecule has 2 aliphatic rings. The van der Waals surface area contributed by atoms with Crippen LogP contribution in [0.4, 0.5) is 0 Å². The number of rotatable bonds is 6. The Bertz CT molecular complexity index is 982. The third-order valence-corrected chi connectivity index (χ3v) is 5.33. The second-order valence-corrected chi connectivity index (χ2v) is 7.26. The number of carbonyl (C=O) groups excluding carboxylic acids is 3. The predicted molar refractivity (Wildman–Crippen MR) is 110 cm³/mol. The molecule has 0 saturated carbocycles. The van der Waals surface area contributed by atoms with Crippen LogP contribution in [0.1, 0.15) is 43.1 Å². The molecule has 0 aliphatic carbocycles. The quantitative estimate of drug-likeness (QED) is 0.586. The molecule has 3 amide bonds. The van der Waals surface area contributed by atoms with Crippen molar-refractivity contribution in [3.8, 4) is 0 Å². The molecule has 0 saturated heterocycles. The van der Waals surface area contributed by atoms with E-state index in [4.69, 9.17) is 0 Å². The molecule has 148 valence electrons. The molecule has 0 unspecified atom stereocenters. The lowest BCUT2D eigenvalue weighted by atomic mass is 10.0. The smallest absolute Gasteiger partial charge is 0.261 e. The maximum Gasteiger partial charge on any atom is 0.261 e. The van der Waals surface area contributed by atoms with E-state index in [1.54, 1.807) is 12.1 Å². The van der Waals surface area contributed by atoms with Crippen LogP contribution in [0.15, 0.2) is 60.2 Å². The summed E-state index contributed by atoms with van der Waals surface area (Å²) in [7, 11) is 0. The van der Waals surface area contributed by atoms with Crippen LogP contribution >= 0.6 is 0 Å². The molecule has 0 aromatic heterocycles. The number of fused-ring (bicyclic) bond motifs is 1. The van der Waals surface area contributed by atoms with E-state index in [1.165, 1.54) is 16.5 Å². The third-order valence-electron chi connectivity index (χ3n) is 5.33. The lowest BCUT2D eigenvalue weighted by Gasteiger charge is -2.14. The molecule has 2 aromatic rings. The number of carbonyl (C=O) groups is 3. The van der Waals surface area contributed by atoms with Crippen molar-refractivity contribution in [2.75, 3.05) is 26.2 Å². The van der Waals surface area contributed by atoms with Gasteiger partial charge < -0.3 is 10.6 Å². The molecule has 0 fully saturated rings. The average molecular weight is 389 g/mol. The van der Waals surface area contributed by atoms with Crippen molar-refractivity contribution in [3.63, 3.8) is 0 Å². The minimum Gasteiger partial charge on any atom is -0.348 e. The zero-order chi connectivity index (χ0) is 20.2. The number of imide groups is 1. The number of hydrogen-bond donors (Lipinski definition) is 2. The lowest BCUT2D eigenvalue weighted by molar-refractivity contribution is 0.0656. The van der Waals surface area contributed by atoms with Gasteiger partial charge >= 0.3 is 0 Å². The van der Waals surface area contributed by atoms with Gasteiger partial charge in [0.05, 0.1) is 11.1 Å². The SMILES string of the molecule is O=C(NCC1=CCNCC1)c1ccc2c(c1)C(=O)N(CCc1ccccc1)C2=O. The normalized spacial score (nSPS) is 15.9. The Hall–Kier alpha value is -3.25. The van der Waals surface area contributed by atoms with Crippen LogP contribution in [0.25, 0.3) is 0 Å². The van der Waals surface area contributed by atoms with Gasteiger partial charge in [0.2, 0.25) is 0 Å². The van der Waals surface area contributed by atoms with Crippen LogP contribution in [-0.4, -0.2) is 48.8 Å². The molecule has 2 aliphatic heterocycles. The van der Waals surface area contributed by atoms with E-state index in [-0.39, 0.29) is 17.7 Å². The zero-order valence-corrected chi connectivity index (χ0v) is 16.1. The van der Waals surface area contributed by atoms with Gasteiger partial charge in [-0.1, -0.05) is 42.0 Å². The van der Waals surface area contributed by atoms with Gasteiger partial charge in [0.1, 0.15) is 0 Å². The van der Waals surface area contributed by atoms with Crippen molar-refractivity contribution in [3.05, 3.63) is 82.4 Å². The number of amides is 3. The summed E-state index contributed by atoms with van der Waals surface area (Å²) in [5.41, 5.74) is 3.31. The monoisotopic (exact) mass is 389 g/mol. The first kappa shape index (κ1) is 19.1. The van der Waals surface area contributed by atoms with E-state index in [0.717, 1.165) is 25.1 Å². The fraction of sp³-hybridized carbons (Fsp3) is 0.261. The van der Waals surface area contributed by atoms with Gasteiger partial charge in [-0.05, 0) is 43.1 Å². The van der Waals surface area contributed by atoms with Gasteiger partial charge in [-0.3, -0.25) is 19.3 Å². The van der Waals surface area contributed by atoms with Crippen molar-refractivity contribution in [2.45, 2.75) is 12.8 Å².